The maximum Gasteiger partial charge on any atom is 0.133 e. The monoisotopic (exact) mass is 462 g/mol. The van der Waals surface area contributed by atoms with Crippen molar-refractivity contribution >= 4 is 47.8 Å². The van der Waals surface area contributed by atoms with E-state index in [1.54, 1.807) is 14.2 Å². The van der Waals surface area contributed by atoms with Crippen LogP contribution in [0, 0.1) is 0 Å². The van der Waals surface area contributed by atoms with E-state index in [4.69, 9.17) is 9.47 Å². The van der Waals surface area contributed by atoms with Gasteiger partial charge in [-0.25, -0.2) is 0 Å². The van der Waals surface area contributed by atoms with E-state index in [-0.39, 0.29) is 4.83 Å². The third kappa shape index (κ3) is 3.38. The minimum atomic E-state index is 0.0390. The zero-order valence-electron chi connectivity index (χ0n) is 11.0. The third-order valence-corrected chi connectivity index (χ3v) is 5.07. The van der Waals surface area contributed by atoms with Gasteiger partial charge in [-0.15, -0.1) is 0 Å². The first-order chi connectivity index (χ1) is 9.56. The molecular formula is C15H13Br3O2. The first-order valence-electron chi connectivity index (χ1n) is 5.87. The molecule has 2 aromatic rings. The van der Waals surface area contributed by atoms with Crippen molar-refractivity contribution < 1.29 is 9.47 Å². The predicted octanol–water partition coefficient (Wildman–Crippen LogP) is 5.71. The summed E-state index contributed by atoms with van der Waals surface area (Å²) in [6.45, 7) is 0. The number of rotatable bonds is 4. The summed E-state index contributed by atoms with van der Waals surface area (Å²) in [4.78, 5) is 0.0390. The van der Waals surface area contributed by atoms with Gasteiger partial charge in [0, 0.05) is 10.0 Å². The van der Waals surface area contributed by atoms with Crippen LogP contribution in [0.2, 0.25) is 0 Å². The quantitative estimate of drug-likeness (QED) is 0.539. The maximum absolute atomic E-state index is 5.43. The molecule has 1 atom stereocenters. The van der Waals surface area contributed by atoms with Crippen LogP contribution in [0.1, 0.15) is 16.0 Å². The molecule has 0 N–H and O–H groups in total. The molecule has 5 heteroatoms. The van der Waals surface area contributed by atoms with E-state index in [1.807, 2.05) is 30.3 Å². The smallest absolute Gasteiger partial charge is 0.133 e. The number of hydrogen-bond donors (Lipinski definition) is 0. The van der Waals surface area contributed by atoms with E-state index in [0.29, 0.717) is 0 Å². The zero-order valence-corrected chi connectivity index (χ0v) is 15.7. The molecule has 0 fully saturated rings. The zero-order chi connectivity index (χ0) is 14.7. The van der Waals surface area contributed by atoms with Crippen molar-refractivity contribution in [3.8, 4) is 11.5 Å². The van der Waals surface area contributed by atoms with Crippen molar-refractivity contribution in [3.05, 3.63) is 56.5 Å². The summed E-state index contributed by atoms with van der Waals surface area (Å²) in [6.07, 6.45) is 0. The number of ether oxygens (including phenoxy) is 2. The Hall–Kier alpha value is -0.520. The van der Waals surface area contributed by atoms with Crippen LogP contribution in [0.25, 0.3) is 0 Å². The molecule has 0 aliphatic rings. The van der Waals surface area contributed by atoms with Crippen LogP contribution in [-0.4, -0.2) is 14.2 Å². The van der Waals surface area contributed by atoms with Gasteiger partial charge in [0.15, 0.2) is 0 Å². The Labute approximate surface area is 143 Å². The van der Waals surface area contributed by atoms with Gasteiger partial charge in [-0.1, -0.05) is 37.9 Å². The van der Waals surface area contributed by atoms with Crippen LogP contribution in [0.3, 0.4) is 0 Å². The molecule has 0 bridgehead atoms. The second-order valence-electron chi connectivity index (χ2n) is 4.14. The predicted molar refractivity (Wildman–Crippen MR) is 92.2 cm³/mol. The number of benzene rings is 2. The van der Waals surface area contributed by atoms with Crippen LogP contribution in [0.5, 0.6) is 11.5 Å². The van der Waals surface area contributed by atoms with Crippen molar-refractivity contribution in [1.82, 2.24) is 0 Å². The summed E-state index contributed by atoms with van der Waals surface area (Å²) in [7, 11) is 3.33. The topological polar surface area (TPSA) is 18.5 Å². The summed E-state index contributed by atoms with van der Waals surface area (Å²) < 4.78 is 12.6. The average molecular weight is 465 g/mol. The minimum absolute atomic E-state index is 0.0390. The van der Waals surface area contributed by atoms with Gasteiger partial charge in [0.05, 0.1) is 23.5 Å². The Morgan fingerprint density at radius 3 is 2.15 bits per heavy atom. The largest absolute Gasteiger partial charge is 0.496 e. The molecule has 0 radical (unpaired) electrons. The first kappa shape index (κ1) is 15.9. The van der Waals surface area contributed by atoms with Gasteiger partial charge in [0.2, 0.25) is 0 Å². The Kier molecular flexibility index (Phi) is 5.52. The summed E-state index contributed by atoms with van der Waals surface area (Å²) in [6, 6.07) is 12.0. The molecule has 20 heavy (non-hydrogen) atoms. The molecule has 0 spiro atoms. The maximum atomic E-state index is 5.43. The minimum Gasteiger partial charge on any atom is -0.496 e. The number of hydrogen-bond acceptors (Lipinski definition) is 2. The third-order valence-electron chi connectivity index (χ3n) is 2.93. The highest BCUT2D eigenvalue weighted by atomic mass is 79.9. The average Bonchev–Trinajstić information content (AvgIpc) is 2.46. The van der Waals surface area contributed by atoms with Crippen LogP contribution in [0.4, 0.5) is 0 Å². The second-order valence-corrected chi connectivity index (χ2v) is 6.83. The lowest BCUT2D eigenvalue weighted by Crippen LogP contribution is -1.98. The van der Waals surface area contributed by atoms with E-state index < -0.39 is 0 Å². The highest BCUT2D eigenvalue weighted by Gasteiger charge is 2.17. The van der Waals surface area contributed by atoms with E-state index in [9.17, 15) is 0 Å². The molecule has 0 saturated heterocycles. The van der Waals surface area contributed by atoms with Gasteiger partial charge in [-0.2, -0.15) is 0 Å². The van der Waals surface area contributed by atoms with Crippen LogP contribution >= 0.6 is 47.8 Å². The van der Waals surface area contributed by atoms with E-state index >= 15 is 0 Å². The fourth-order valence-electron chi connectivity index (χ4n) is 1.92. The Balaban J connectivity index is 2.43. The molecule has 106 valence electrons. The van der Waals surface area contributed by atoms with Crippen LogP contribution in [0.15, 0.2) is 45.3 Å². The normalized spacial score (nSPS) is 12.1. The van der Waals surface area contributed by atoms with E-state index in [1.165, 1.54) is 0 Å². The molecule has 0 heterocycles. The van der Waals surface area contributed by atoms with Gasteiger partial charge in [-0.05, 0) is 51.8 Å². The van der Waals surface area contributed by atoms with Crippen molar-refractivity contribution in [2.24, 2.45) is 0 Å². The molecule has 0 amide bonds. The molecule has 0 saturated carbocycles. The Morgan fingerprint density at radius 2 is 1.55 bits per heavy atom. The van der Waals surface area contributed by atoms with Crippen molar-refractivity contribution in [2.75, 3.05) is 14.2 Å². The fourth-order valence-corrected chi connectivity index (χ4v) is 3.50. The highest BCUT2D eigenvalue weighted by Crippen LogP contribution is 2.40. The highest BCUT2D eigenvalue weighted by molar-refractivity contribution is 9.11. The summed E-state index contributed by atoms with van der Waals surface area (Å²) >= 11 is 10.7. The molecule has 2 aromatic carbocycles. The molecule has 0 aliphatic heterocycles. The molecule has 1 unspecified atom stereocenters. The van der Waals surface area contributed by atoms with E-state index in [0.717, 1.165) is 31.6 Å². The first-order valence-corrected chi connectivity index (χ1v) is 8.38. The van der Waals surface area contributed by atoms with Crippen molar-refractivity contribution in [2.45, 2.75) is 4.83 Å². The van der Waals surface area contributed by atoms with Gasteiger partial charge in [0.25, 0.3) is 0 Å². The van der Waals surface area contributed by atoms with Crippen LogP contribution < -0.4 is 9.47 Å². The number of methoxy groups -OCH3 is 2. The molecule has 0 aromatic heterocycles. The molecular weight excluding hydrogens is 452 g/mol. The van der Waals surface area contributed by atoms with Crippen molar-refractivity contribution in [3.63, 3.8) is 0 Å². The van der Waals surface area contributed by atoms with Crippen LogP contribution in [-0.2, 0) is 0 Å². The van der Waals surface area contributed by atoms with Gasteiger partial charge >= 0.3 is 0 Å². The van der Waals surface area contributed by atoms with Gasteiger partial charge in [0.1, 0.15) is 11.5 Å². The van der Waals surface area contributed by atoms with E-state index in [2.05, 4.69) is 53.9 Å². The lowest BCUT2D eigenvalue weighted by atomic mass is 10.0. The summed E-state index contributed by atoms with van der Waals surface area (Å²) in [5.74, 6) is 1.66. The lowest BCUT2D eigenvalue weighted by Gasteiger charge is -2.16. The number of alkyl halides is 1. The SMILES string of the molecule is COc1ccc(C(Br)c2cc(Br)ccc2OC)cc1Br. The Morgan fingerprint density at radius 1 is 0.900 bits per heavy atom. The molecule has 2 nitrogen and oxygen atoms in total. The van der Waals surface area contributed by atoms with Gasteiger partial charge in [-0.3, -0.25) is 0 Å². The molecule has 0 aliphatic carbocycles. The fraction of sp³-hybridized carbons (Fsp3) is 0.200. The summed E-state index contributed by atoms with van der Waals surface area (Å²) in [5.41, 5.74) is 2.19. The van der Waals surface area contributed by atoms with Crippen molar-refractivity contribution in [1.29, 1.82) is 0 Å². The summed E-state index contributed by atoms with van der Waals surface area (Å²) in [5, 5.41) is 0. The second kappa shape index (κ2) is 6.96. The standard InChI is InChI=1S/C15H13Br3O2/c1-19-13-6-4-10(16)8-11(13)15(18)9-3-5-14(20-2)12(17)7-9/h3-8,15H,1-2H3. The number of halogens is 3. The molecule has 2 rings (SSSR count). The lowest BCUT2D eigenvalue weighted by molar-refractivity contribution is 0.410. The Bertz CT molecular complexity index is 614. The van der Waals surface area contributed by atoms with Gasteiger partial charge < -0.3 is 9.47 Å².